The van der Waals surface area contributed by atoms with Crippen molar-refractivity contribution in [2.45, 2.75) is 33.1 Å². The van der Waals surface area contributed by atoms with Gasteiger partial charge in [0.15, 0.2) is 5.82 Å². The van der Waals surface area contributed by atoms with Gasteiger partial charge in [-0.2, -0.15) is 0 Å². The molecule has 0 atom stereocenters. The molecule has 4 heteroatoms. The fourth-order valence-electron chi connectivity index (χ4n) is 1.60. The van der Waals surface area contributed by atoms with Crippen molar-refractivity contribution in [2.75, 3.05) is 5.73 Å². The van der Waals surface area contributed by atoms with E-state index >= 15 is 0 Å². The molecule has 4 nitrogen and oxygen atoms in total. The highest BCUT2D eigenvalue weighted by molar-refractivity contribution is 5.86. The van der Waals surface area contributed by atoms with Crippen molar-refractivity contribution in [3.05, 3.63) is 23.7 Å². The molecule has 2 aromatic heterocycles. The molecule has 0 aliphatic heterocycles. The Kier molecular flexibility index (Phi) is 2.30. The summed E-state index contributed by atoms with van der Waals surface area (Å²) in [6.07, 6.45) is 1.48. The summed E-state index contributed by atoms with van der Waals surface area (Å²) < 4.78 is 0. The third kappa shape index (κ3) is 1.71. The molecule has 0 aromatic carbocycles. The van der Waals surface area contributed by atoms with Gasteiger partial charge in [0.1, 0.15) is 11.8 Å². The summed E-state index contributed by atoms with van der Waals surface area (Å²) in [5, 5.41) is 0. The van der Waals surface area contributed by atoms with Gasteiger partial charge >= 0.3 is 0 Å². The van der Waals surface area contributed by atoms with E-state index in [2.05, 4.69) is 41.8 Å². The number of nitrogens with zero attached hydrogens (tertiary/aromatic N) is 3. The predicted octanol–water partition coefficient (Wildman–Crippen LogP) is 2.21. The average molecular weight is 216 g/mol. The van der Waals surface area contributed by atoms with Crippen LogP contribution in [0.4, 0.5) is 5.82 Å². The Morgan fingerprint density at radius 2 is 1.81 bits per heavy atom. The monoisotopic (exact) mass is 216 g/mol. The quantitative estimate of drug-likeness (QED) is 0.733. The Morgan fingerprint density at radius 1 is 1.12 bits per heavy atom. The minimum atomic E-state index is 0.00122. The molecule has 2 heterocycles. The van der Waals surface area contributed by atoms with Gasteiger partial charge in [0.25, 0.3) is 0 Å². The van der Waals surface area contributed by atoms with E-state index in [4.69, 9.17) is 5.73 Å². The largest absolute Gasteiger partial charge is 0.382 e. The van der Waals surface area contributed by atoms with Gasteiger partial charge in [0.05, 0.1) is 5.52 Å². The smallest absolute Gasteiger partial charge is 0.153 e. The molecular weight excluding hydrogens is 200 g/mol. The number of aryl methyl sites for hydroxylation is 1. The second kappa shape index (κ2) is 3.40. The first-order valence-electron chi connectivity index (χ1n) is 5.28. The van der Waals surface area contributed by atoms with E-state index < -0.39 is 0 Å². The number of anilines is 1. The number of hydrogen-bond donors (Lipinski definition) is 1. The van der Waals surface area contributed by atoms with Crippen LogP contribution in [0, 0.1) is 6.92 Å². The fourth-order valence-corrected chi connectivity index (χ4v) is 1.60. The van der Waals surface area contributed by atoms with Crippen LogP contribution in [0.2, 0.25) is 0 Å². The van der Waals surface area contributed by atoms with Crippen molar-refractivity contribution >= 4 is 16.9 Å². The first-order chi connectivity index (χ1) is 7.39. The summed E-state index contributed by atoms with van der Waals surface area (Å²) in [4.78, 5) is 12.7. The van der Waals surface area contributed by atoms with Crippen LogP contribution in [-0.2, 0) is 5.41 Å². The van der Waals surface area contributed by atoms with Crippen LogP contribution in [0.5, 0.6) is 0 Å². The van der Waals surface area contributed by atoms with Gasteiger partial charge in [-0.3, -0.25) is 0 Å². The zero-order chi connectivity index (χ0) is 11.9. The molecule has 0 aliphatic carbocycles. The van der Waals surface area contributed by atoms with E-state index in [1.807, 2.05) is 6.92 Å². The molecule has 0 aliphatic rings. The Labute approximate surface area is 94.9 Å². The molecule has 0 saturated heterocycles. The summed E-state index contributed by atoms with van der Waals surface area (Å²) in [5.41, 5.74) is 9.46. The van der Waals surface area contributed by atoms with Gasteiger partial charge < -0.3 is 5.73 Å². The fraction of sp³-hybridized carbons (Fsp3) is 0.417. The van der Waals surface area contributed by atoms with Gasteiger partial charge in [0.2, 0.25) is 0 Å². The third-order valence-electron chi connectivity index (χ3n) is 2.58. The Hall–Kier alpha value is -1.71. The van der Waals surface area contributed by atoms with E-state index in [1.165, 1.54) is 6.33 Å². The minimum absolute atomic E-state index is 0.00122. The normalized spacial score (nSPS) is 12.0. The van der Waals surface area contributed by atoms with Crippen LogP contribution in [-0.4, -0.2) is 15.0 Å². The lowest BCUT2D eigenvalue weighted by Crippen LogP contribution is -2.14. The SMILES string of the molecule is Cc1cc(C(C)(C)C)nc2c(N)ncnc12. The van der Waals surface area contributed by atoms with Crippen molar-refractivity contribution in [3.63, 3.8) is 0 Å². The van der Waals surface area contributed by atoms with Gasteiger partial charge in [-0.15, -0.1) is 0 Å². The third-order valence-corrected chi connectivity index (χ3v) is 2.58. The summed E-state index contributed by atoms with van der Waals surface area (Å²) in [6.45, 7) is 8.40. The molecule has 2 N–H and O–H groups in total. The Morgan fingerprint density at radius 3 is 2.44 bits per heavy atom. The highest BCUT2D eigenvalue weighted by Gasteiger charge is 2.18. The number of fused-ring (bicyclic) bond motifs is 1. The van der Waals surface area contributed by atoms with E-state index in [-0.39, 0.29) is 5.41 Å². The van der Waals surface area contributed by atoms with Crippen LogP contribution in [0.1, 0.15) is 32.0 Å². The van der Waals surface area contributed by atoms with Gasteiger partial charge in [0, 0.05) is 11.1 Å². The molecule has 2 aromatic rings. The maximum absolute atomic E-state index is 5.82. The van der Waals surface area contributed by atoms with Crippen LogP contribution in [0.25, 0.3) is 11.0 Å². The van der Waals surface area contributed by atoms with Crippen LogP contribution in [0.3, 0.4) is 0 Å². The summed E-state index contributed by atoms with van der Waals surface area (Å²) in [7, 11) is 0. The van der Waals surface area contributed by atoms with E-state index in [0.29, 0.717) is 11.3 Å². The molecule has 2 rings (SSSR count). The predicted molar refractivity (Wildman–Crippen MR) is 65.2 cm³/mol. The van der Waals surface area contributed by atoms with Gasteiger partial charge in [-0.05, 0) is 18.6 Å². The zero-order valence-electron chi connectivity index (χ0n) is 10.1. The lowest BCUT2D eigenvalue weighted by atomic mass is 9.90. The van der Waals surface area contributed by atoms with E-state index in [1.54, 1.807) is 0 Å². The topological polar surface area (TPSA) is 64.7 Å². The average Bonchev–Trinajstić information content (AvgIpc) is 2.18. The van der Waals surface area contributed by atoms with E-state index in [9.17, 15) is 0 Å². The van der Waals surface area contributed by atoms with Crippen LogP contribution in [0.15, 0.2) is 12.4 Å². The first-order valence-corrected chi connectivity index (χ1v) is 5.28. The summed E-state index contributed by atoms with van der Waals surface area (Å²) in [6, 6.07) is 2.06. The molecular formula is C12H16N4. The minimum Gasteiger partial charge on any atom is -0.382 e. The molecule has 84 valence electrons. The highest BCUT2D eigenvalue weighted by atomic mass is 14.9. The maximum Gasteiger partial charge on any atom is 0.153 e. The molecule has 0 unspecified atom stereocenters. The number of nitrogen functional groups attached to an aromatic ring is 1. The second-order valence-electron chi connectivity index (χ2n) is 5.03. The van der Waals surface area contributed by atoms with Crippen molar-refractivity contribution in [1.29, 1.82) is 0 Å². The number of nitrogens with two attached hydrogens (primary N) is 1. The molecule has 0 saturated carbocycles. The standard InChI is InChI=1S/C12H16N4/c1-7-5-8(12(2,3)4)16-10-9(7)14-6-15-11(10)13/h5-6H,1-4H3,(H2,13,14,15). The molecule has 0 bridgehead atoms. The molecule has 16 heavy (non-hydrogen) atoms. The van der Waals surface area contributed by atoms with Gasteiger partial charge in [-0.25, -0.2) is 15.0 Å². The molecule has 0 amide bonds. The van der Waals surface area contributed by atoms with Crippen molar-refractivity contribution in [2.24, 2.45) is 0 Å². The number of hydrogen-bond acceptors (Lipinski definition) is 4. The molecule has 0 spiro atoms. The van der Waals surface area contributed by atoms with Gasteiger partial charge in [-0.1, -0.05) is 20.8 Å². The van der Waals surface area contributed by atoms with Crippen LogP contribution >= 0.6 is 0 Å². The molecule has 0 fully saturated rings. The summed E-state index contributed by atoms with van der Waals surface area (Å²) in [5.74, 6) is 0.444. The summed E-state index contributed by atoms with van der Waals surface area (Å²) >= 11 is 0. The highest BCUT2D eigenvalue weighted by Crippen LogP contribution is 2.26. The zero-order valence-corrected chi connectivity index (χ0v) is 10.1. The number of rotatable bonds is 0. The Balaban J connectivity index is 2.81. The van der Waals surface area contributed by atoms with Crippen molar-refractivity contribution < 1.29 is 0 Å². The number of aromatic nitrogens is 3. The van der Waals surface area contributed by atoms with E-state index in [0.717, 1.165) is 16.8 Å². The van der Waals surface area contributed by atoms with Crippen molar-refractivity contribution in [1.82, 2.24) is 15.0 Å². The number of pyridine rings is 1. The lowest BCUT2D eigenvalue weighted by Gasteiger charge is -2.19. The first kappa shape index (κ1) is 10.8. The maximum atomic E-state index is 5.82. The van der Waals surface area contributed by atoms with Crippen LogP contribution < -0.4 is 5.73 Å². The lowest BCUT2D eigenvalue weighted by molar-refractivity contribution is 0.571. The second-order valence-corrected chi connectivity index (χ2v) is 5.03. The molecule has 0 radical (unpaired) electrons. The van der Waals surface area contributed by atoms with Crippen molar-refractivity contribution in [3.8, 4) is 0 Å². The Bertz CT molecular complexity index is 540.